The van der Waals surface area contributed by atoms with Crippen molar-refractivity contribution in [2.75, 3.05) is 0 Å². The number of hydrogen-bond donors (Lipinski definition) is 2. The zero-order chi connectivity index (χ0) is 13.8. The van der Waals surface area contributed by atoms with E-state index in [1.54, 1.807) is 18.2 Å². The van der Waals surface area contributed by atoms with Crippen LogP contribution in [0.15, 0.2) is 42.5 Å². The van der Waals surface area contributed by atoms with E-state index in [-0.39, 0.29) is 17.7 Å². The fourth-order valence-corrected chi connectivity index (χ4v) is 2.05. The quantitative estimate of drug-likeness (QED) is 0.656. The summed E-state index contributed by atoms with van der Waals surface area (Å²) in [6.07, 6.45) is 0.547. The van der Waals surface area contributed by atoms with Crippen LogP contribution in [0.25, 0.3) is 0 Å². The summed E-state index contributed by atoms with van der Waals surface area (Å²) in [7, 11) is 0. The Kier molecular flexibility index (Phi) is 4.24. The standard InChI is InChI=1S/C15H16F2N2/c1-10-2-5-14(17)8-12(10)9-15(19-18)11-3-6-13(16)7-4-11/h2-8,15,19H,9,18H2,1H3. The van der Waals surface area contributed by atoms with Crippen molar-refractivity contribution in [3.63, 3.8) is 0 Å². The number of hydrazine groups is 1. The molecule has 2 aromatic rings. The molecule has 3 N–H and O–H groups in total. The van der Waals surface area contributed by atoms with Crippen LogP contribution in [0.1, 0.15) is 22.7 Å². The molecule has 19 heavy (non-hydrogen) atoms. The lowest BCUT2D eigenvalue weighted by atomic mass is 9.96. The molecular formula is C15H16F2N2. The van der Waals surface area contributed by atoms with Crippen LogP contribution in [-0.2, 0) is 6.42 Å². The van der Waals surface area contributed by atoms with Gasteiger partial charge < -0.3 is 0 Å². The number of rotatable bonds is 4. The Hall–Kier alpha value is -1.78. The van der Waals surface area contributed by atoms with Crippen LogP contribution in [0.4, 0.5) is 8.78 Å². The highest BCUT2D eigenvalue weighted by Gasteiger charge is 2.12. The second kappa shape index (κ2) is 5.91. The van der Waals surface area contributed by atoms with Crippen molar-refractivity contribution in [1.82, 2.24) is 5.43 Å². The molecule has 1 unspecified atom stereocenters. The summed E-state index contributed by atoms with van der Waals surface area (Å²) in [4.78, 5) is 0. The van der Waals surface area contributed by atoms with Gasteiger partial charge in [0.15, 0.2) is 0 Å². The molecule has 1 atom stereocenters. The van der Waals surface area contributed by atoms with Crippen LogP contribution in [0.2, 0.25) is 0 Å². The molecule has 0 aliphatic rings. The normalized spacial score (nSPS) is 12.4. The van der Waals surface area contributed by atoms with Gasteiger partial charge in [-0.1, -0.05) is 18.2 Å². The van der Waals surface area contributed by atoms with Crippen molar-refractivity contribution in [3.05, 3.63) is 70.8 Å². The SMILES string of the molecule is Cc1ccc(F)cc1CC(NN)c1ccc(F)cc1. The lowest BCUT2D eigenvalue weighted by Crippen LogP contribution is -2.29. The van der Waals surface area contributed by atoms with Crippen LogP contribution in [0.5, 0.6) is 0 Å². The molecule has 0 heterocycles. The van der Waals surface area contributed by atoms with Crippen LogP contribution >= 0.6 is 0 Å². The smallest absolute Gasteiger partial charge is 0.123 e. The molecule has 0 saturated carbocycles. The third-order valence-electron chi connectivity index (χ3n) is 3.21. The minimum atomic E-state index is -0.290. The van der Waals surface area contributed by atoms with Crippen LogP contribution in [0.3, 0.4) is 0 Å². The maximum Gasteiger partial charge on any atom is 0.123 e. The fourth-order valence-electron chi connectivity index (χ4n) is 2.05. The van der Waals surface area contributed by atoms with E-state index in [2.05, 4.69) is 5.43 Å². The number of nitrogens with one attached hydrogen (secondary N) is 1. The van der Waals surface area contributed by atoms with E-state index in [9.17, 15) is 8.78 Å². The number of halogens is 2. The van der Waals surface area contributed by atoms with Crippen molar-refractivity contribution in [2.45, 2.75) is 19.4 Å². The van der Waals surface area contributed by atoms with Gasteiger partial charge in [-0.3, -0.25) is 11.3 Å². The molecule has 0 aliphatic heterocycles. The Labute approximate surface area is 111 Å². The molecule has 0 amide bonds. The van der Waals surface area contributed by atoms with E-state index in [1.807, 2.05) is 6.92 Å². The first-order valence-corrected chi connectivity index (χ1v) is 6.07. The average Bonchev–Trinajstić information content (AvgIpc) is 2.41. The van der Waals surface area contributed by atoms with Gasteiger partial charge in [0, 0.05) is 6.04 Å². The fraction of sp³-hybridized carbons (Fsp3) is 0.200. The molecule has 0 bridgehead atoms. The monoisotopic (exact) mass is 262 g/mol. The average molecular weight is 262 g/mol. The summed E-state index contributed by atoms with van der Waals surface area (Å²) in [6.45, 7) is 1.92. The first kappa shape index (κ1) is 13.6. The van der Waals surface area contributed by atoms with Crippen molar-refractivity contribution in [2.24, 2.45) is 5.84 Å². The predicted octanol–water partition coefficient (Wildman–Crippen LogP) is 3.02. The summed E-state index contributed by atoms with van der Waals surface area (Å²) < 4.78 is 26.2. The minimum absolute atomic E-state index is 0.180. The lowest BCUT2D eigenvalue weighted by molar-refractivity contribution is 0.545. The Bertz CT molecular complexity index is 553. The molecular weight excluding hydrogens is 246 g/mol. The van der Waals surface area contributed by atoms with E-state index in [0.29, 0.717) is 6.42 Å². The van der Waals surface area contributed by atoms with Gasteiger partial charge in [0.05, 0.1) is 0 Å². The molecule has 2 nitrogen and oxygen atoms in total. The molecule has 0 aliphatic carbocycles. The number of aryl methyl sites for hydroxylation is 1. The number of nitrogens with two attached hydrogens (primary N) is 1. The predicted molar refractivity (Wildman–Crippen MR) is 71.3 cm³/mol. The summed E-state index contributed by atoms with van der Waals surface area (Å²) in [5.74, 6) is 4.98. The van der Waals surface area contributed by atoms with Crippen LogP contribution in [0, 0.1) is 18.6 Å². The van der Waals surface area contributed by atoms with Gasteiger partial charge in [0.2, 0.25) is 0 Å². The van der Waals surface area contributed by atoms with Gasteiger partial charge in [-0.05, 0) is 54.3 Å². The first-order chi connectivity index (χ1) is 9.10. The van der Waals surface area contributed by atoms with Gasteiger partial charge in [-0.2, -0.15) is 0 Å². The largest absolute Gasteiger partial charge is 0.271 e. The highest BCUT2D eigenvalue weighted by molar-refractivity contribution is 5.30. The molecule has 0 spiro atoms. The van der Waals surface area contributed by atoms with Crippen LogP contribution in [-0.4, -0.2) is 0 Å². The molecule has 4 heteroatoms. The third kappa shape index (κ3) is 3.36. The molecule has 2 rings (SSSR count). The molecule has 0 aromatic heterocycles. The molecule has 0 radical (unpaired) electrons. The first-order valence-electron chi connectivity index (χ1n) is 6.07. The lowest BCUT2D eigenvalue weighted by Gasteiger charge is -2.17. The van der Waals surface area contributed by atoms with Crippen molar-refractivity contribution < 1.29 is 8.78 Å². The van der Waals surface area contributed by atoms with Crippen molar-refractivity contribution >= 4 is 0 Å². The van der Waals surface area contributed by atoms with E-state index in [4.69, 9.17) is 5.84 Å². The summed E-state index contributed by atoms with van der Waals surface area (Å²) in [5.41, 5.74) is 5.44. The van der Waals surface area contributed by atoms with E-state index in [1.165, 1.54) is 24.3 Å². The van der Waals surface area contributed by atoms with Crippen molar-refractivity contribution in [3.8, 4) is 0 Å². The van der Waals surface area contributed by atoms with Crippen LogP contribution < -0.4 is 11.3 Å². The Morgan fingerprint density at radius 1 is 1.05 bits per heavy atom. The van der Waals surface area contributed by atoms with Gasteiger partial charge in [-0.15, -0.1) is 0 Å². The highest BCUT2D eigenvalue weighted by atomic mass is 19.1. The highest BCUT2D eigenvalue weighted by Crippen LogP contribution is 2.21. The second-order valence-electron chi connectivity index (χ2n) is 4.55. The van der Waals surface area contributed by atoms with E-state index in [0.717, 1.165) is 16.7 Å². The number of benzene rings is 2. The summed E-state index contributed by atoms with van der Waals surface area (Å²) in [6, 6.07) is 10.6. The van der Waals surface area contributed by atoms with Gasteiger partial charge in [-0.25, -0.2) is 8.78 Å². The Morgan fingerprint density at radius 2 is 1.68 bits per heavy atom. The zero-order valence-electron chi connectivity index (χ0n) is 10.7. The number of hydrogen-bond acceptors (Lipinski definition) is 2. The second-order valence-corrected chi connectivity index (χ2v) is 4.55. The van der Waals surface area contributed by atoms with Crippen molar-refractivity contribution in [1.29, 1.82) is 0 Å². The Balaban J connectivity index is 2.23. The molecule has 100 valence electrons. The van der Waals surface area contributed by atoms with Gasteiger partial charge >= 0.3 is 0 Å². The van der Waals surface area contributed by atoms with E-state index >= 15 is 0 Å². The topological polar surface area (TPSA) is 38.0 Å². The Morgan fingerprint density at radius 3 is 2.32 bits per heavy atom. The van der Waals surface area contributed by atoms with E-state index < -0.39 is 0 Å². The molecule has 0 saturated heterocycles. The minimum Gasteiger partial charge on any atom is -0.271 e. The third-order valence-corrected chi connectivity index (χ3v) is 3.21. The maximum atomic E-state index is 13.3. The summed E-state index contributed by atoms with van der Waals surface area (Å²) >= 11 is 0. The van der Waals surface area contributed by atoms with Gasteiger partial charge in [0.25, 0.3) is 0 Å². The molecule has 0 fully saturated rings. The summed E-state index contributed by atoms with van der Waals surface area (Å²) in [5, 5.41) is 0. The molecule has 2 aromatic carbocycles. The van der Waals surface area contributed by atoms with Gasteiger partial charge in [0.1, 0.15) is 11.6 Å². The zero-order valence-corrected chi connectivity index (χ0v) is 10.7. The maximum absolute atomic E-state index is 13.3.